The molecule has 1 heterocycles. The maximum atomic E-state index is 4.94. The fourth-order valence-corrected chi connectivity index (χ4v) is 6.09. The summed E-state index contributed by atoms with van der Waals surface area (Å²) in [6, 6.07) is 0. The summed E-state index contributed by atoms with van der Waals surface area (Å²) in [6.45, 7) is 13.7. The molecular weight excluding hydrogens is 259 g/mol. The summed E-state index contributed by atoms with van der Waals surface area (Å²) in [4.78, 5) is 2.61. The molecule has 0 N–H and O–H groups in total. The second-order valence-corrected chi connectivity index (χ2v) is 9.76. The van der Waals surface area contributed by atoms with Gasteiger partial charge in [0, 0.05) is 13.2 Å². The Kier molecular flexibility index (Phi) is 14.3. The quantitative estimate of drug-likeness (QED) is 0.402. The average Bonchev–Trinajstić information content (AvgIpc) is 2.92. The molecule has 0 amide bonds. The van der Waals surface area contributed by atoms with Crippen molar-refractivity contribution in [1.82, 2.24) is 0 Å². The molecule has 0 unspecified atom stereocenters. The van der Waals surface area contributed by atoms with E-state index in [1.54, 1.807) is 0 Å². The summed E-state index contributed by atoms with van der Waals surface area (Å²) in [5.41, 5.74) is 0. The van der Waals surface area contributed by atoms with Gasteiger partial charge in [-0.1, -0.05) is 69.9 Å². The lowest BCUT2D eigenvalue weighted by Gasteiger charge is -2.12. The van der Waals surface area contributed by atoms with Gasteiger partial charge in [-0.15, -0.1) is 11.0 Å². The highest BCUT2D eigenvalue weighted by atomic mass is 27.2. The van der Waals surface area contributed by atoms with E-state index in [0.717, 1.165) is 25.0 Å². The summed E-state index contributed by atoms with van der Waals surface area (Å²) in [5.74, 6) is 1.77. The lowest BCUT2D eigenvalue weighted by atomic mass is 10.2. The van der Waals surface area contributed by atoms with E-state index in [4.69, 9.17) is 4.74 Å². The van der Waals surface area contributed by atoms with Crippen LogP contribution in [0.5, 0.6) is 0 Å². The van der Waals surface area contributed by atoms with Crippen LogP contribution in [0, 0.1) is 11.8 Å². The fraction of sp³-hybridized carbons (Fsp3) is 0.889. The van der Waals surface area contributed by atoms with Gasteiger partial charge < -0.3 is 4.74 Å². The van der Waals surface area contributed by atoms with Crippen molar-refractivity contribution in [2.45, 2.75) is 77.3 Å². The smallest absolute Gasteiger partial charge is 0.294 e. The van der Waals surface area contributed by atoms with Gasteiger partial charge in [0.2, 0.25) is 0 Å². The second kappa shape index (κ2) is 14.2. The van der Waals surface area contributed by atoms with Crippen LogP contribution in [-0.4, -0.2) is 27.4 Å². The molecule has 1 fully saturated rings. The molecule has 1 nitrogen and oxygen atoms in total. The molecule has 1 aliphatic rings. The highest BCUT2D eigenvalue weighted by Gasteiger charge is 2.16. The van der Waals surface area contributed by atoms with Crippen LogP contribution in [0.25, 0.3) is 0 Å². The van der Waals surface area contributed by atoms with Gasteiger partial charge in [0.25, 0.3) is 14.1 Å². The van der Waals surface area contributed by atoms with Gasteiger partial charge in [-0.05, 0) is 19.3 Å². The topological polar surface area (TPSA) is 9.23 Å². The minimum Gasteiger partial charge on any atom is -0.381 e. The van der Waals surface area contributed by atoms with Crippen LogP contribution in [0.15, 0.2) is 11.0 Å². The maximum absolute atomic E-state index is 4.94. The maximum Gasteiger partial charge on any atom is 0.294 e. The zero-order valence-electron chi connectivity index (χ0n) is 14.7. The van der Waals surface area contributed by atoms with Gasteiger partial charge >= 0.3 is 0 Å². The van der Waals surface area contributed by atoms with Crippen LogP contribution in [0.2, 0.25) is 10.6 Å². The Morgan fingerprint density at radius 1 is 1.00 bits per heavy atom. The minimum atomic E-state index is -0.573. The summed E-state index contributed by atoms with van der Waals surface area (Å²) in [7, 11) is 0. The Bertz CT molecular complexity index is 202. The van der Waals surface area contributed by atoms with Gasteiger partial charge in [0.05, 0.1) is 0 Å². The van der Waals surface area contributed by atoms with E-state index < -0.39 is 14.1 Å². The van der Waals surface area contributed by atoms with Crippen molar-refractivity contribution in [2.24, 2.45) is 11.8 Å². The normalized spacial score (nSPS) is 14.9. The van der Waals surface area contributed by atoms with E-state index in [1.807, 2.05) is 0 Å². The number of hydrogen-bond acceptors (Lipinski definition) is 1. The van der Waals surface area contributed by atoms with Crippen molar-refractivity contribution < 1.29 is 4.74 Å². The molecule has 1 rings (SSSR count). The van der Waals surface area contributed by atoms with Crippen LogP contribution in [0.3, 0.4) is 0 Å². The molecule has 0 atom stereocenters. The lowest BCUT2D eigenvalue weighted by Crippen LogP contribution is -2.15. The van der Waals surface area contributed by atoms with Crippen LogP contribution in [0.1, 0.15) is 66.7 Å². The second-order valence-electron chi connectivity index (χ2n) is 6.91. The molecule has 0 spiro atoms. The monoisotopic (exact) mass is 296 g/mol. The first-order valence-corrected chi connectivity index (χ1v) is 11.1. The van der Waals surface area contributed by atoms with Crippen molar-refractivity contribution in [3.8, 4) is 0 Å². The van der Waals surface area contributed by atoms with E-state index in [0.29, 0.717) is 0 Å². The van der Waals surface area contributed by atoms with Crippen molar-refractivity contribution in [3.05, 3.63) is 11.0 Å². The molecular formula is C18H37AlO. The molecule has 118 valence electrons. The highest BCUT2D eigenvalue weighted by Crippen LogP contribution is 2.15. The first-order valence-electron chi connectivity index (χ1n) is 8.80. The standard InChI is InChI=1S/C6H11.C4H8O.2C4H9.Al/c1-3-5-6-4-2;1-2-4-5-3-1;2*1-4(2)3;/h1,3H,4-6H2,2H3;1-4H2;2*4H,1H2,2-3H3;. The predicted octanol–water partition coefficient (Wildman–Crippen LogP) is 5.88. The largest absolute Gasteiger partial charge is 0.381 e. The van der Waals surface area contributed by atoms with Crippen molar-refractivity contribution in [3.63, 3.8) is 0 Å². The Hall–Kier alpha value is 0.232. The molecule has 0 aromatic carbocycles. The Labute approximate surface area is 132 Å². The first-order chi connectivity index (χ1) is 9.56. The Morgan fingerprint density at radius 2 is 1.55 bits per heavy atom. The molecule has 0 bridgehead atoms. The zero-order valence-corrected chi connectivity index (χ0v) is 15.8. The number of ether oxygens (including phenoxy) is 1. The predicted molar refractivity (Wildman–Crippen MR) is 93.8 cm³/mol. The highest BCUT2D eigenvalue weighted by molar-refractivity contribution is 6.64. The number of unbranched alkanes of at least 4 members (excludes halogenated alkanes) is 2. The zero-order chi connectivity index (χ0) is 15.2. The summed E-state index contributed by atoms with van der Waals surface area (Å²) >= 11 is -0.573. The molecule has 0 aliphatic carbocycles. The van der Waals surface area contributed by atoms with E-state index in [1.165, 1.54) is 42.7 Å². The molecule has 0 aromatic heterocycles. The van der Waals surface area contributed by atoms with Gasteiger partial charge in [-0.25, -0.2) is 0 Å². The van der Waals surface area contributed by atoms with E-state index in [-0.39, 0.29) is 0 Å². The van der Waals surface area contributed by atoms with E-state index in [2.05, 4.69) is 45.6 Å². The van der Waals surface area contributed by atoms with Gasteiger partial charge in [-0.2, -0.15) is 0 Å². The van der Waals surface area contributed by atoms with Crippen molar-refractivity contribution in [1.29, 1.82) is 0 Å². The first kappa shape index (κ1) is 20.2. The summed E-state index contributed by atoms with van der Waals surface area (Å²) < 4.78 is 4.94. The Balaban J connectivity index is 0.000000595. The average molecular weight is 296 g/mol. The third kappa shape index (κ3) is 14.6. The molecule has 20 heavy (non-hydrogen) atoms. The number of hydrogen-bond donors (Lipinski definition) is 0. The number of rotatable bonds is 8. The molecule has 1 saturated heterocycles. The summed E-state index contributed by atoms with van der Waals surface area (Å²) in [6.07, 6.45) is 9.01. The lowest BCUT2D eigenvalue weighted by molar-refractivity contribution is 0.198. The van der Waals surface area contributed by atoms with Crippen LogP contribution in [0.4, 0.5) is 0 Å². The van der Waals surface area contributed by atoms with Crippen LogP contribution < -0.4 is 0 Å². The Morgan fingerprint density at radius 3 is 1.90 bits per heavy atom. The molecule has 0 saturated carbocycles. The molecule has 0 radical (unpaired) electrons. The number of allylic oxidation sites excluding steroid dienone is 1. The van der Waals surface area contributed by atoms with Gasteiger partial charge in [-0.3, -0.25) is 0 Å². The van der Waals surface area contributed by atoms with Crippen molar-refractivity contribution >= 4 is 14.1 Å². The minimum absolute atomic E-state index is 0.573. The summed E-state index contributed by atoms with van der Waals surface area (Å²) in [5, 5.41) is 2.97. The third-order valence-electron chi connectivity index (χ3n) is 3.51. The third-order valence-corrected chi connectivity index (χ3v) is 7.42. The molecule has 1 aliphatic heterocycles. The van der Waals surface area contributed by atoms with Crippen LogP contribution in [-0.2, 0) is 4.74 Å². The van der Waals surface area contributed by atoms with E-state index >= 15 is 0 Å². The van der Waals surface area contributed by atoms with E-state index in [9.17, 15) is 0 Å². The van der Waals surface area contributed by atoms with Crippen molar-refractivity contribution in [2.75, 3.05) is 13.2 Å². The fourth-order valence-electron chi connectivity index (χ4n) is 2.59. The van der Waals surface area contributed by atoms with Crippen LogP contribution >= 0.6 is 0 Å². The van der Waals surface area contributed by atoms with Gasteiger partial charge in [0.1, 0.15) is 0 Å². The van der Waals surface area contributed by atoms with Gasteiger partial charge in [0.15, 0.2) is 0 Å². The molecule has 0 aromatic rings. The SMILES string of the molecule is C1CCOC1.CCCC/C=[CH]/[Al]([CH2]C(C)C)[CH2]C(C)C. The molecule has 2 heteroatoms.